The summed E-state index contributed by atoms with van der Waals surface area (Å²) in [5.41, 5.74) is 2.06. The fourth-order valence-corrected chi connectivity index (χ4v) is 1.77. The number of hydrogen-bond acceptors (Lipinski definition) is 3. The van der Waals surface area contributed by atoms with E-state index in [-0.39, 0.29) is 11.5 Å². The average molecular weight is 282 g/mol. The molecule has 0 heterocycles. The van der Waals surface area contributed by atoms with Crippen LogP contribution in [0.5, 0.6) is 0 Å². The third-order valence-electron chi connectivity index (χ3n) is 2.72. The van der Waals surface area contributed by atoms with E-state index in [9.17, 15) is 9.59 Å². The molecule has 2 rings (SSSR count). The summed E-state index contributed by atoms with van der Waals surface area (Å²) < 4.78 is 0. The van der Waals surface area contributed by atoms with Gasteiger partial charge in [-0.1, -0.05) is 24.3 Å². The molecule has 5 nitrogen and oxygen atoms in total. The topological polar surface area (TPSA) is 78.8 Å². The van der Waals surface area contributed by atoms with E-state index < -0.39 is 5.97 Å². The molecule has 0 radical (unpaired) electrons. The number of carboxylic acid groups (broad SMARTS) is 1. The first kappa shape index (κ1) is 14.5. The van der Waals surface area contributed by atoms with Crippen LogP contribution in [0.3, 0.4) is 0 Å². The van der Waals surface area contributed by atoms with Crippen molar-refractivity contribution in [2.24, 2.45) is 4.99 Å². The maximum atomic E-state index is 11.1. The molecule has 2 aromatic rings. The van der Waals surface area contributed by atoms with Gasteiger partial charge in [0.05, 0.1) is 11.3 Å². The second kappa shape index (κ2) is 6.47. The highest BCUT2D eigenvalue weighted by atomic mass is 16.4. The number of anilines is 1. The zero-order valence-electron chi connectivity index (χ0n) is 11.4. The van der Waals surface area contributed by atoms with Gasteiger partial charge in [0.2, 0.25) is 5.91 Å². The van der Waals surface area contributed by atoms with E-state index in [1.54, 1.807) is 48.7 Å². The van der Waals surface area contributed by atoms with Crippen LogP contribution in [0.4, 0.5) is 11.4 Å². The lowest BCUT2D eigenvalue weighted by atomic mass is 10.2. The number of carbonyl (C=O) groups excluding carboxylic acids is 1. The lowest BCUT2D eigenvalue weighted by Gasteiger charge is -2.02. The minimum absolute atomic E-state index is 0.133. The Hall–Kier alpha value is -2.95. The molecule has 2 N–H and O–H groups in total. The van der Waals surface area contributed by atoms with Crippen molar-refractivity contribution in [1.29, 1.82) is 0 Å². The Morgan fingerprint density at radius 2 is 1.76 bits per heavy atom. The number of nitrogens with zero attached hydrogens (tertiary/aromatic N) is 1. The summed E-state index contributed by atoms with van der Waals surface area (Å²) in [7, 11) is 0. The number of hydrogen-bond donors (Lipinski definition) is 2. The predicted molar refractivity (Wildman–Crippen MR) is 81.4 cm³/mol. The maximum absolute atomic E-state index is 11.1. The molecule has 0 aliphatic carbocycles. The number of amides is 1. The Balaban J connectivity index is 2.18. The van der Waals surface area contributed by atoms with Crippen LogP contribution >= 0.6 is 0 Å². The molecule has 0 saturated carbocycles. The molecule has 0 aromatic heterocycles. The Labute approximate surface area is 122 Å². The molecule has 0 spiro atoms. The zero-order valence-corrected chi connectivity index (χ0v) is 11.4. The van der Waals surface area contributed by atoms with Crippen molar-refractivity contribution in [3.8, 4) is 0 Å². The van der Waals surface area contributed by atoms with Crippen molar-refractivity contribution in [3.63, 3.8) is 0 Å². The number of nitrogens with one attached hydrogen (secondary N) is 1. The van der Waals surface area contributed by atoms with Crippen molar-refractivity contribution in [2.45, 2.75) is 6.92 Å². The van der Waals surface area contributed by atoms with E-state index in [4.69, 9.17) is 5.11 Å². The fourth-order valence-electron chi connectivity index (χ4n) is 1.77. The molecule has 0 bridgehead atoms. The molecule has 0 unspecified atom stereocenters. The van der Waals surface area contributed by atoms with Crippen molar-refractivity contribution < 1.29 is 14.7 Å². The third kappa shape index (κ3) is 4.01. The van der Waals surface area contributed by atoms with Crippen LogP contribution in [0.15, 0.2) is 53.5 Å². The van der Waals surface area contributed by atoms with Crippen molar-refractivity contribution in [3.05, 3.63) is 59.7 Å². The second-order valence-electron chi connectivity index (χ2n) is 4.38. The molecule has 0 fully saturated rings. The first-order valence-electron chi connectivity index (χ1n) is 6.30. The number of carbonyl (C=O) groups is 2. The summed E-state index contributed by atoms with van der Waals surface area (Å²) in [6, 6.07) is 13.6. The van der Waals surface area contributed by atoms with Crippen LogP contribution in [0.2, 0.25) is 0 Å². The summed E-state index contributed by atoms with van der Waals surface area (Å²) in [6.45, 7) is 1.44. The van der Waals surface area contributed by atoms with Gasteiger partial charge >= 0.3 is 5.97 Å². The highest BCUT2D eigenvalue weighted by Gasteiger charge is 2.07. The highest BCUT2D eigenvalue weighted by Crippen LogP contribution is 2.18. The molecule has 1 amide bonds. The van der Waals surface area contributed by atoms with Crippen LogP contribution in [0, 0.1) is 0 Å². The molecular weight excluding hydrogens is 268 g/mol. The number of aromatic carboxylic acids is 1. The number of aliphatic imine (C=N–C) groups is 1. The van der Waals surface area contributed by atoms with Gasteiger partial charge in [-0.05, 0) is 29.8 Å². The minimum atomic E-state index is -1.01. The van der Waals surface area contributed by atoms with E-state index in [0.717, 1.165) is 5.56 Å². The van der Waals surface area contributed by atoms with Gasteiger partial charge in [-0.2, -0.15) is 0 Å². The monoisotopic (exact) mass is 282 g/mol. The van der Waals surface area contributed by atoms with Gasteiger partial charge < -0.3 is 10.4 Å². The predicted octanol–water partition coefficient (Wildman–Crippen LogP) is 3.09. The van der Waals surface area contributed by atoms with Gasteiger partial charge in [0, 0.05) is 18.8 Å². The molecular formula is C16H14N2O3. The van der Waals surface area contributed by atoms with Gasteiger partial charge in [-0.15, -0.1) is 0 Å². The van der Waals surface area contributed by atoms with Crippen LogP contribution < -0.4 is 5.32 Å². The molecule has 21 heavy (non-hydrogen) atoms. The first-order chi connectivity index (χ1) is 10.1. The standard InChI is InChI=1S/C16H14N2O3/c1-11(19)18-13-8-6-12(7-9-13)10-17-15-5-3-2-4-14(15)16(20)21/h2-10H,1H3,(H,18,19)(H,20,21)/b17-10+. The largest absolute Gasteiger partial charge is 0.478 e. The SMILES string of the molecule is CC(=O)Nc1ccc(/C=N/c2ccccc2C(=O)O)cc1. The van der Waals surface area contributed by atoms with Gasteiger partial charge in [0.15, 0.2) is 0 Å². The first-order valence-corrected chi connectivity index (χ1v) is 6.30. The molecule has 106 valence electrons. The Morgan fingerprint density at radius 3 is 2.38 bits per heavy atom. The van der Waals surface area contributed by atoms with Crippen LogP contribution in [-0.4, -0.2) is 23.2 Å². The van der Waals surface area contributed by atoms with Gasteiger partial charge in [-0.3, -0.25) is 9.79 Å². The lowest BCUT2D eigenvalue weighted by molar-refractivity contribution is -0.114. The average Bonchev–Trinajstić information content (AvgIpc) is 2.46. The van der Waals surface area contributed by atoms with Crippen molar-refractivity contribution in [2.75, 3.05) is 5.32 Å². The lowest BCUT2D eigenvalue weighted by Crippen LogP contribution is -2.05. The van der Waals surface area contributed by atoms with Crippen molar-refractivity contribution in [1.82, 2.24) is 0 Å². The summed E-state index contributed by atoms with van der Waals surface area (Å²) >= 11 is 0. The molecule has 0 aliphatic heterocycles. The third-order valence-corrected chi connectivity index (χ3v) is 2.72. The van der Waals surface area contributed by atoms with E-state index in [2.05, 4.69) is 10.3 Å². The molecule has 0 aliphatic rings. The summed E-state index contributed by atoms with van der Waals surface area (Å²) in [5.74, 6) is -1.14. The van der Waals surface area contributed by atoms with E-state index in [1.807, 2.05) is 0 Å². The number of para-hydroxylation sites is 1. The normalized spacial score (nSPS) is 10.5. The van der Waals surface area contributed by atoms with Crippen LogP contribution in [0.1, 0.15) is 22.8 Å². The van der Waals surface area contributed by atoms with E-state index in [1.165, 1.54) is 13.0 Å². The van der Waals surface area contributed by atoms with Gasteiger partial charge in [-0.25, -0.2) is 4.79 Å². The molecule has 0 atom stereocenters. The Kier molecular flexibility index (Phi) is 4.46. The Morgan fingerprint density at radius 1 is 1.10 bits per heavy atom. The quantitative estimate of drug-likeness (QED) is 0.846. The Bertz CT molecular complexity index is 691. The van der Waals surface area contributed by atoms with Gasteiger partial charge in [0.25, 0.3) is 0 Å². The zero-order chi connectivity index (χ0) is 15.2. The number of carboxylic acids is 1. The number of rotatable bonds is 4. The van der Waals surface area contributed by atoms with Crippen LogP contribution in [-0.2, 0) is 4.79 Å². The summed E-state index contributed by atoms with van der Waals surface area (Å²) in [4.78, 5) is 26.2. The number of benzene rings is 2. The summed E-state index contributed by atoms with van der Waals surface area (Å²) in [6.07, 6.45) is 1.58. The smallest absolute Gasteiger partial charge is 0.337 e. The molecule has 5 heteroatoms. The molecule has 2 aromatic carbocycles. The maximum Gasteiger partial charge on any atom is 0.337 e. The van der Waals surface area contributed by atoms with E-state index in [0.29, 0.717) is 11.4 Å². The van der Waals surface area contributed by atoms with Crippen LogP contribution in [0.25, 0.3) is 0 Å². The van der Waals surface area contributed by atoms with Crippen molar-refractivity contribution >= 4 is 29.5 Å². The highest BCUT2D eigenvalue weighted by molar-refractivity contribution is 5.95. The van der Waals surface area contributed by atoms with E-state index >= 15 is 0 Å². The molecule has 0 saturated heterocycles. The second-order valence-corrected chi connectivity index (χ2v) is 4.38. The fraction of sp³-hybridized carbons (Fsp3) is 0.0625. The van der Waals surface area contributed by atoms with Gasteiger partial charge in [0.1, 0.15) is 0 Å². The summed E-state index contributed by atoms with van der Waals surface area (Å²) in [5, 5.41) is 11.7. The minimum Gasteiger partial charge on any atom is -0.478 e.